The number of piperidine rings is 1. The number of furan rings is 1. The van der Waals surface area contributed by atoms with Crippen LogP contribution in [0.5, 0.6) is 0 Å². The fraction of sp³-hybridized carbons (Fsp3) is 0.458. The smallest absolute Gasteiger partial charge is 0.255 e. The van der Waals surface area contributed by atoms with Gasteiger partial charge in [0.2, 0.25) is 5.88 Å². The van der Waals surface area contributed by atoms with Crippen molar-refractivity contribution in [2.24, 2.45) is 15.9 Å². The summed E-state index contributed by atoms with van der Waals surface area (Å²) in [5, 5.41) is 3.15. The number of carbonyl (C=O) groups is 1. The monoisotopic (exact) mass is 419 g/mol. The fourth-order valence-electron chi connectivity index (χ4n) is 4.65. The van der Waals surface area contributed by atoms with E-state index in [0.717, 1.165) is 50.4 Å². The molecule has 31 heavy (non-hydrogen) atoms. The first-order valence-corrected chi connectivity index (χ1v) is 11.1. The SMILES string of the molecule is Cc1ccc(CN2CCC(CNC(=O)c3c(C)oc4c3C3=NCCN3C=N4)CC2)cc1. The summed E-state index contributed by atoms with van der Waals surface area (Å²) in [7, 11) is 0. The molecule has 0 saturated carbocycles. The number of rotatable bonds is 5. The van der Waals surface area contributed by atoms with Crippen LogP contribution in [0.15, 0.2) is 38.7 Å². The lowest BCUT2D eigenvalue weighted by atomic mass is 9.96. The summed E-state index contributed by atoms with van der Waals surface area (Å²) < 4.78 is 5.76. The van der Waals surface area contributed by atoms with Crippen molar-refractivity contribution in [3.63, 3.8) is 0 Å². The molecule has 0 bridgehead atoms. The van der Waals surface area contributed by atoms with Gasteiger partial charge in [-0.05, 0) is 51.3 Å². The zero-order valence-corrected chi connectivity index (χ0v) is 18.2. The van der Waals surface area contributed by atoms with Gasteiger partial charge in [-0.3, -0.25) is 14.7 Å². The number of fused-ring (bicyclic) bond motifs is 3. The molecule has 1 amide bonds. The summed E-state index contributed by atoms with van der Waals surface area (Å²) in [6, 6.07) is 8.79. The second kappa shape index (κ2) is 8.30. The molecule has 162 valence electrons. The van der Waals surface area contributed by atoms with E-state index in [1.165, 1.54) is 11.1 Å². The third-order valence-electron chi connectivity index (χ3n) is 6.49. The van der Waals surface area contributed by atoms with Gasteiger partial charge >= 0.3 is 0 Å². The van der Waals surface area contributed by atoms with Crippen LogP contribution in [0.25, 0.3) is 0 Å². The van der Waals surface area contributed by atoms with Gasteiger partial charge in [0.1, 0.15) is 17.9 Å². The Morgan fingerprint density at radius 3 is 2.71 bits per heavy atom. The average molecular weight is 420 g/mol. The number of aryl methyl sites for hydroxylation is 2. The number of nitrogens with zero attached hydrogens (tertiary/aromatic N) is 4. The number of likely N-dealkylation sites (tertiary alicyclic amines) is 1. The lowest BCUT2D eigenvalue weighted by Crippen LogP contribution is -2.39. The number of aliphatic imine (C=N–C) groups is 2. The molecule has 7 heteroatoms. The van der Waals surface area contributed by atoms with E-state index >= 15 is 0 Å². The van der Waals surface area contributed by atoms with Gasteiger partial charge in [0.25, 0.3) is 5.91 Å². The van der Waals surface area contributed by atoms with Crippen LogP contribution in [-0.4, -0.2) is 60.6 Å². The van der Waals surface area contributed by atoms with E-state index in [1.54, 1.807) is 6.34 Å². The zero-order chi connectivity index (χ0) is 21.4. The molecule has 3 aliphatic heterocycles. The summed E-state index contributed by atoms with van der Waals surface area (Å²) in [5.41, 5.74) is 3.98. The Morgan fingerprint density at radius 1 is 1.16 bits per heavy atom. The van der Waals surface area contributed by atoms with E-state index in [4.69, 9.17) is 4.42 Å². The lowest BCUT2D eigenvalue weighted by Gasteiger charge is -2.32. The first-order chi connectivity index (χ1) is 15.1. The molecule has 7 nitrogen and oxygen atoms in total. The Bertz CT molecular complexity index is 1030. The fourth-order valence-corrected chi connectivity index (χ4v) is 4.65. The topological polar surface area (TPSA) is 73.4 Å². The molecule has 1 N–H and O–H groups in total. The number of benzene rings is 1. The molecule has 0 atom stereocenters. The minimum absolute atomic E-state index is 0.0868. The maximum atomic E-state index is 13.1. The van der Waals surface area contributed by atoms with E-state index in [0.29, 0.717) is 36.2 Å². The third-order valence-corrected chi connectivity index (χ3v) is 6.49. The average Bonchev–Trinajstić information content (AvgIpc) is 3.38. The van der Waals surface area contributed by atoms with Crippen molar-refractivity contribution in [1.82, 2.24) is 15.1 Å². The van der Waals surface area contributed by atoms with Crippen LogP contribution in [-0.2, 0) is 6.54 Å². The molecule has 0 unspecified atom stereocenters. The number of hydrogen-bond acceptors (Lipinski definition) is 6. The van der Waals surface area contributed by atoms with Crippen LogP contribution >= 0.6 is 0 Å². The molecule has 0 spiro atoms. The first kappa shape index (κ1) is 20.0. The Labute approximate surface area is 182 Å². The van der Waals surface area contributed by atoms with Crippen molar-refractivity contribution in [2.75, 3.05) is 32.7 Å². The van der Waals surface area contributed by atoms with E-state index in [2.05, 4.69) is 51.4 Å². The van der Waals surface area contributed by atoms with Crippen molar-refractivity contribution < 1.29 is 9.21 Å². The maximum absolute atomic E-state index is 13.1. The second-order valence-electron chi connectivity index (χ2n) is 8.77. The quantitative estimate of drug-likeness (QED) is 0.807. The van der Waals surface area contributed by atoms with Crippen LogP contribution in [0.2, 0.25) is 0 Å². The van der Waals surface area contributed by atoms with Gasteiger partial charge in [0.05, 0.1) is 17.7 Å². The number of carbonyl (C=O) groups excluding carboxylic acids is 1. The molecule has 0 aliphatic carbocycles. The van der Waals surface area contributed by atoms with Crippen molar-refractivity contribution in [3.05, 3.63) is 52.3 Å². The van der Waals surface area contributed by atoms with Crippen LogP contribution in [0.1, 0.15) is 45.7 Å². The standard InChI is InChI=1S/C24H29N5O2/c1-16-3-5-19(6-4-16)14-28-10-7-18(8-11-28)13-26-23(30)20-17(2)31-24-21(20)22-25-9-12-29(22)15-27-24/h3-6,15,18H,7-14H2,1-2H3,(H,26,30). The molecule has 1 aromatic heterocycles. The predicted molar refractivity (Wildman–Crippen MR) is 121 cm³/mol. The van der Waals surface area contributed by atoms with Gasteiger partial charge in [0, 0.05) is 19.6 Å². The minimum atomic E-state index is -0.0868. The second-order valence-corrected chi connectivity index (χ2v) is 8.77. The number of nitrogens with one attached hydrogen (secondary N) is 1. The van der Waals surface area contributed by atoms with Crippen molar-refractivity contribution in [3.8, 4) is 0 Å². The molecule has 1 saturated heterocycles. The number of amidine groups is 1. The van der Waals surface area contributed by atoms with Crippen molar-refractivity contribution in [1.29, 1.82) is 0 Å². The summed E-state index contributed by atoms with van der Waals surface area (Å²) >= 11 is 0. The highest BCUT2D eigenvalue weighted by molar-refractivity contribution is 6.17. The Kier molecular flexibility index (Phi) is 5.36. The molecule has 5 rings (SSSR count). The maximum Gasteiger partial charge on any atom is 0.255 e. The van der Waals surface area contributed by atoms with Gasteiger partial charge in [-0.1, -0.05) is 29.8 Å². The van der Waals surface area contributed by atoms with Gasteiger partial charge in [-0.2, -0.15) is 0 Å². The Morgan fingerprint density at radius 2 is 1.94 bits per heavy atom. The molecular weight excluding hydrogens is 390 g/mol. The zero-order valence-electron chi connectivity index (χ0n) is 18.2. The van der Waals surface area contributed by atoms with E-state index in [1.807, 2.05) is 11.8 Å². The predicted octanol–water partition coefficient (Wildman–Crippen LogP) is 3.27. The van der Waals surface area contributed by atoms with Gasteiger partial charge in [-0.25, -0.2) is 4.99 Å². The molecule has 1 aromatic carbocycles. The van der Waals surface area contributed by atoms with E-state index in [-0.39, 0.29) is 5.91 Å². The summed E-state index contributed by atoms with van der Waals surface area (Å²) in [6.45, 7) is 9.28. The third kappa shape index (κ3) is 4.02. The van der Waals surface area contributed by atoms with Crippen LogP contribution in [0.3, 0.4) is 0 Å². The Hall–Kier alpha value is -2.93. The molecule has 2 aromatic rings. The van der Waals surface area contributed by atoms with Gasteiger partial charge in [-0.15, -0.1) is 0 Å². The molecule has 1 fully saturated rings. The van der Waals surface area contributed by atoms with Crippen LogP contribution < -0.4 is 5.32 Å². The van der Waals surface area contributed by atoms with Gasteiger partial charge < -0.3 is 14.6 Å². The minimum Gasteiger partial charge on any atom is -0.442 e. The summed E-state index contributed by atoms with van der Waals surface area (Å²) in [5.74, 6) is 2.31. The largest absolute Gasteiger partial charge is 0.442 e. The summed E-state index contributed by atoms with van der Waals surface area (Å²) in [4.78, 5) is 26.5. The highest BCUT2D eigenvalue weighted by Crippen LogP contribution is 2.34. The first-order valence-electron chi connectivity index (χ1n) is 11.1. The molecule has 4 heterocycles. The van der Waals surface area contributed by atoms with Crippen LogP contribution in [0, 0.1) is 19.8 Å². The molecular formula is C24H29N5O2. The highest BCUT2D eigenvalue weighted by Gasteiger charge is 2.33. The molecule has 3 aliphatic rings. The van der Waals surface area contributed by atoms with Gasteiger partial charge in [0.15, 0.2) is 0 Å². The number of amides is 1. The van der Waals surface area contributed by atoms with Crippen molar-refractivity contribution >= 4 is 24.0 Å². The van der Waals surface area contributed by atoms with E-state index < -0.39 is 0 Å². The van der Waals surface area contributed by atoms with Crippen LogP contribution in [0.4, 0.5) is 5.88 Å². The highest BCUT2D eigenvalue weighted by atomic mass is 16.4. The van der Waals surface area contributed by atoms with E-state index in [9.17, 15) is 4.79 Å². The summed E-state index contributed by atoms with van der Waals surface area (Å²) in [6.07, 6.45) is 3.93. The number of hydrogen-bond donors (Lipinski definition) is 1. The Balaban J connectivity index is 1.17. The normalized spacial score (nSPS) is 18.6. The lowest BCUT2D eigenvalue weighted by molar-refractivity contribution is 0.0933. The van der Waals surface area contributed by atoms with Crippen molar-refractivity contribution in [2.45, 2.75) is 33.2 Å². The molecule has 0 radical (unpaired) electrons.